The molecule has 3 aromatic rings. The number of hydrogen-bond acceptors (Lipinski definition) is 7. The Balaban J connectivity index is 1.79. The average Bonchev–Trinajstić information content (AvgIpc) is 3.36. The van der Waals surface area contributed by atoms with E-state index in [9.17, 15) is 5.26 Å². The molecule has 1 saturated heterocycles. The standard InChI is InChI=1S/C20H21N7O/c1-26-9-7-23-20(26)17-10-15(22)14(11-21)19(25-17)16-4-3-5-18(24-16)27-8-6-13(12-27)28-2/h3-5,7,9-10,13H,6,8,12H2,1-2H3,(H2,22,25). The van der Waals surface area contributed by atoms with Gasteiger partial charge in [-0.2, -0.15) is 5.26 Å². The molecule has 8 heteroatoms. The largest absolute Gasteiger partial charge is 0.398 e. The Morgan fingerprint density at radius 2 is 2.14 bits per heavy atom. The lowest BCUT2D eigenvalue weighted by atomic mass is 10.1. The van der Waals surface area contributed by atoms with Gasteiger partial charge >= 0.3 is 0 Å². The molecule has 1 aliphatic rings. The monoisotopic (exact) mass is 375 g/mol. The summed E-state index contributed by atoms with van der Waals surface area (Å²) in [5.74, 6) is 1.51. The molecule has 1 atom stereocenters. The summed E-state index contributed by atoms with van der Waals surface area (Å²) in [6.45, 7) is 1.67. The first-order valence-corrected chi connectivity index (χ1v) is 9.04. The van der Waals surface area contributed by atoms with E-state index in [4.69, 9.17) is 15.5 Å². The zero-order valence-corrected chi connectivity index (χ0v) is 15.8. The Kier molecular flexibility index (Phi) is 4.67. The third-order valence-electron chi connectivity index (χ3n) is 4.99. The Hall–Kier alpha value is -3.44. The van der Waals surface area contributed by atoms with Crippen molar-refractivity contribution in [1.29, 1.82) is 5.26 Å². The van der Waals surface area contributed by atoms with Gasteiger partial charge in [0.25, 0.3) is 0 Å². The highest BCUT2D eigenvalue weighted by Crippen LogP contribution is 2.30. The number of ether oxygens (including phenoxy) is 1. The molecular weight excluding hydrogens is 354 g/mol. The lowest BCUT2D eigenvalue weighted by Crippen LogP contribution is -2.23. The Labute approximate surface area is 163 Å². The van der Waals surface area contributed by atoms with Crippen LogP contribution in [0.3, 0.4) is 0 Å². The van der Waals surface area contributed by atoms with Crippen LogP contribution in [0, 0.1) is 11.3 Å². The molecule has 4 rings (SSSR count). The van der Waals surface area contributed by atoms with Crippen LogP contribution < -0.4 is 10.6 Å². The van der Waals surface area contributed by atoms with Gasteiger partial charge in [0.15, 0.2) is 5.82 Å². The molecule has 2 N–H and O–H groups in total. The molecule has 0 aliphatic carbocycles. The molecule has 3 aromatic heterocycles. The number of imidazole rings is 1. The lowest BCUT2D eigenvalue weighted by molar-refractivity contribution is 0.121. The molecule has 0 bridgehead atoms. The van der Waals surface area contributed by atoms with Crippen molar-refractivity contribution in [2.75, 3.05) is 30.8 Å². The summed E-state index contributed by atoms with van der Waals surface area (Å²) in [7, 11) is 3.61. The van der Waals surface area contributed by atoms with E-state index in [2.05, 4.69) is 20.9 Å². The minimum atomic E-state index is 0.209. The lowest BCUT2D eigenvalue weighted by Gasteiger charge is -2.18. The number of anilines is 2. The molecule has 0 amide bonds. The van der Waals surface area contributed by atoms with Gasteiger partial charge in [-0.1, -0.05) is 6.07 Å². The Morgan fingerprint density at radius 3 is 2.82 bits per heavy atom. The van der Waals surface area contributed by atoms with Crippen molar-refractivity contribution in [3.63, 3.8) is 0 Å². The number of nitrogens with two attached hydrogens (primary N) is 1. The number of methoxy groups -OCH3 is 1. The molecule has 4 heterocycles. The number of nitrogens with zero attached hydrogens (tertiary/aromatic N) is 6. The van der Waals surface area contributed by atoms with Gasteiger partial charge in [-0.15, -0.1) is 0 Å². The van der Waals surface area contributed by atoms with Crippen LogP contribution >= 0.6 is 0 Å². The molecule has 28 heavy (non-hydrogen) atoms. The smallest absolute Gasteiger partial charge is 0.158 e. The van der Waals surface area contributed by atoms with Crippen LogP contribution in [-0.2, 0) is 11.8 Å². The van der Waals surface area contributed by atoms with Crippen LogP contribution in [-0.4, -0.2) is 45.8 Å². The van der Waals surface area contributed by atoms with E-state index in [1.165, 1.54) is 0 Å². The summed E-state index contributed by atoms with van der Waals surface area (Å²) in [5, 5.41) is 9.64. The van der Waals surface area contributed by atoms with Crippen LogP contribution in [0.2, 0.25) is 0 Å². The number of aryl methyl sites for hydroxylation is 1. The highest BCUT2D eigenvalue weighted by Gasteiger charge is 2.24. The maximum Gasteiger partial charge on any atom is 0.158 e. The van der Waals surface area contributed by atoms with Gasteiger partial charge < -0.3 is 19.9 Å². The summed E-state index contributed by atoms with van der Waals surface area (Å²) in [6.07, 6.45) is 4.71. The molecule has 142 valence electrons. The second-order valence-corrected chi connectivity index (χ2v) is 6.77. The van der Waals surface area contributed by atoms with Gasteiger partial charge in [0, 0.05) is 39.6 Å². The number of pyridine rings is 2. The topological polar surface area (TPSA) is 106 Å². The van der Waals surface area contributed by atoms with Gasteiger partial charge in [-0.3, -0.25) is 0 Å². The fraction of sp³-hybridized carbons (Fsp3) is 0.300. The first-order valence-electron chi connectivity index (χ1n) is 9.04. The molecule has 1 unspecified atom stereocenters. The maximum atomic E-state index is 9.64. The molecule has 1 aliphatic heterocycles. The highest BCUT2D eigenvalue weighted by molar-refractivity contribution is 5.76. The van der Waals surface area contributed by atoms with Crippen molar-refractivity contribution >= 4 is 11.5 Å². The van der Waals surface area contributed by atoms with E-state index in [-0.39, 0.29) is 6.10 Å². The number of rotatable bonds is 4. The maximum absolute atomic E-state index is 9.64. The molecule has 0 saturated carbocycles. The van der Waals surface area contributed by atoms with E-state index in [1.807, 2.05) is 36.0 Å². The van der Waals surface area contributed by atoms with Crippen molar-refractivity contribution < 1.29 is 4.74 Å². The molecule has 0 spiro atoms. The number of hydrogen-bond donors (Lipinski definition) is 1. The number of nitriles is 1. The second kappa shape index (κ2) is 7.29. The normalized spacial score (nSPS) is 16.3. The van der Waals surface area contributed by atoms with Crippen LogP contribution in [0.1, 0.15) is 12.0 Å². The first kappa shape index (κ1) is 17.9. The van der Waals surface area contributed by atoms with Crippen LogP contribution in [0.4, 0.5) is 11.5 Å². The molecule has 8 nitrogen and oxygen atoms in total. The van der Waals surface area contributed by atoms with Crippen LogP contribution in [0.15, 0.2) is 36.7 Å². The van der Waals surface area contributed by atoms with Gasteiger partial charge in [0.05, 0.1) is 17.5 Å². The van der Waals surface area contributed by atoms with Crippen molar-refractivity contribution in [2.45, 2.75) is 12.5 Å². The minimum Gasteiger partial charge on any atom is -0.398 e. The van der Waals surface area contributed by atoms with Crippen molar-refractivity contribution in [1.82, 2.24) is 19.5 Å². The van der Waals surface area contributed by atoms with Gasteiger partial charge in [0.1, 0.15) is 28.8 Å². The first-order chi connectivity index (χ1) is 13.6. The zero-order chi connectivity index (χ0) is 19.7. The van der Waals surface area contributed by atoms with E-state index in [1.54, 1.807) is 19.4 Å². The molecule has 0 radical (unpaired) electrons. The minimum absolute atomic E-state index is 0.209. The van der Waals surface area contributed by atoms with E-state index in [0.29, 0.717) is 34.2 Å². The predicted molar refractivity (Wildman–Crippen MR) is 106 cm³/mol. The van der Waals surface area contributed by atoms with Gasteiger partial charge in [-0.25, -0.2) is 15.0 Å². The van der Waals surface area contributed by atoms with E-state index >= 15 is 0 Å². The predicted octanol–water partition coefficient (Wildman–Crippen LogP) is 2.22. The third kappa shape index (κ3) is 3.17. The third-order valence-corrected chi connectivity index (χ3v) is 4.99. The van der Waals surface area contributed by atoms with E-state index < -0.39 is 0 Å². The quantitative estimate of drug-likeness (QED) is 0.745. The summed E-state index contributed by atoms with van der Waals surface area (Å²) >= 11 is 0. The van der Waals surface area contributed by atoms with E-state index in [0.717, 1.165) is 25.3 Å². The Morgan fingerprint density at radius 1 is 1.29 bits per heavy atom. The number of nitrogen functional groups attached to an aromatic ring is 1. The summed E-state index contributed by atoms with van der Waals surface area (Å²) in [6, 6.07) is 9.57. The molecule has 0 aromatic carbocycles. The van der Waals surface area contributed by atoms with Gasteiger partial charge in [-0.05, 0) is 24.6 Å². The molecule has 1 fully saturated rings. The average molecular weight is 375 g/mol. The highest BCUT2D eigenvalue weighted by atomic mass is 16.5. The van der Waals surface area contributed by atoms with Crippen molar-refractivity contribution in [3.05, 3.63) is 42.2 Å². The van der Waals surface area contributed by atoms with Crippen LogP contribution in [0.5, 0.6) is 0 Å². The van der Waals surface area contributed by atoms with Gasteiger partial charge in [0.2, 0.25) is 0 Å². The SMILES string of the molecule is COC1CCN(c2cccc(-c3nc(-c4nccn4C)cc(N)c3C#N)n2)C1. The van der Waals surface area contributed by atoms with Crippen LogP contribution in [0.25, 0.3) is 22.9 Å². The van der Waals surface area contributed by atoms with Crippen molar-refractivity contribution in [2.24, 2.45) is 7.05 Å². The van der Waals surface area contributed by atoms with Crippen molar-refractivity contribution in [3.8, 4) is 29.0 Å². The molecular formula is C20H21N7O. The summed E-state index contributed by atoms with van der Waals surface area (Å²) in [5.41, 5.74) is 8.52. The fourth-order valence-electron chi connectivity index (χ4n) is 3.45. The summed E-state index contributed by atoms with van der Waals surface area (Å²) < 4.78 is 7.31. The second-order valence-electron chi connectivity index (χ2n) is 6.77. The number of aromatic nitrogens is 4. The zero-order valence-electron chi connectivity index (χ0n) is 15.8. The summed E-state index contributed by atoms with van der Waals surface area (Å²) in [4.78, 5) is 16.0. The fourth-order valence-corrected chi connectivity index (χ4v) is 3.45. The Bertz CT molecular complexity index is 1050.